The van der Waals surface area contributed by atoms with E-state index < -0.39 is 6.36 Å². The number of thioether (sulfide) groups is 1. The third kappa shape index (κ3) is 3.58. The number of likely N-dealkylation sites (tertiary alicyclic amines) is 1. The molecule has 1 atom stereocenters. The Bertz CT molecular complexity index is 613. The second-order valence-electron chi connectivity index (χ2n) is 6.53. The molecule has 2 aliphatic heterocycles. The molecule has 1 amide bonds. The third-order valence-electron chi connectivity index (χ3n) is 3.80. The van der Waals surface area contributed by atoms with E-state index in [1.165, 1.54) is 34.9 Å². The first-order valence-electron chi connectivity index (χ1n) is 7.17. The van der Waals surface area contributed by atoms with E-state index >= 15 is 0 Å². The van der Waals surface area contributed by atoms with Crippen LogP contribution in [0.15, 0.2) is 24.3 Å². The molecule has 0 aromatic heterocycles. The fourth-order valence-corrected chi connectivity index (χ4v) is 4.14. The molecule has 1 unspecified atom stereocenters. The summed E-state index contributed by atoms with van der Waals surface area (Å²) in [5.74, 6) is 0.0200. The van der Waals surface area contributed by atoms with Crippen LogP contribution in [-0.4, -0.2) is 41.5 Å². The number of alkyl halides is 3. The number of nitrogens with zero attached hydrogens (tertiary/aromatic N) is 2. The minimum absolute atomic E-state index is 0.0883. The van der Waals surface area contributed by atoms with Gasteiger partial charge >= 0.3 is 6.36 Å². The highest BCUT2D eigenvalue weighted by atomic mass is 32.2. The number of halogens is 3. The van der Waals surface area contributed by atoms with Crippen molar-refractivity contribution in [3.63, 3.8) is 0 Å². The highest BCUT2D eigenvalue weighted by molar-refractivity contribution is 8.01. The van der Waals surface area contributed by atoms with Gasteiger partial charge in [0.15, 0.2) is 0 Å². The zero-order valence-corrected chi connectivity index (χ0v) is 13.6. The molecule has 3 rings (SSSR count). The smallest absolute Gasteiger partial charge is 0.406 e. The van der Waals surface area contributed by atoms with Crippen molar-refractivity contribution in [3.05, 3.63) is 24.3 Å². The van der Waals surface area contributed by atoms with E-state index in [4.69, 9.17) is 0 Å². The summed E-state index contributed by atoms with van der Waals surface area (Å²) in [4.78, 5) is 16.2. The number of hydrogen-bond donors (Lipinski definition) is 0. The molecule has 8 heteroatoms. The van der Waals surface area contributed by atoms with Gasteiger partial charge in [0.05, 0.1) is 5.88 Å². The maximum Gasteiger partial charge on any atom is 0.573 e. The van der Waals surface area contributed by atoms with Crippen molar-refractivity contribution in [1.29, 1.82) is 0 Å². The van der Waals surface area contributed by atoms with E-state index in [0.29, 0.717) is 11.6 Å². The van der Waals surface area contributed by atoms with Crippen LogP contribution >= 0.6 is 11.8 Å². The van der Waals surface area contributed by atoms with Crippen LogP contribution in [0.3, 0.4) is 0 Å². The highest BCUT2D eigenvalue weighted by Crippen LogP contribution is 2.39. The molecule has 23 heavy (non-hydrogen) atoms. The normalized spacial score (nSPS) is 24.7. The summed E-state index contributed by atoms with van der Waals surface area (Å²) in [6, 6.07) is 5.53. The summed E-state index contributed by atoms with van der Waals surface area (Å²) in [5, 5.41) is -0.254. The summed E-state index contributed by atoms with van der Waals surface area (Å²) in [6.07, 6.45) is -4.74. The number of anilines is 1. The molecular formula is C15H17F3N2O2S. The SMILES string of the molecule is CC1(C)CN(C2SCN(c3cccc(OC(F)(F)F)c3)C2=O)C1. The van der Waals surface area contributed by atoms with Crippen molar-refractivity contribution in [3.8, 4) is 5.75 Å². The predicted molar refractivity (Wildman–Crippen MR) is 82.2 cm³/mol. The number of ether oxygens (including phenoxy) is 1. The van der Waals surface area contributed by atoms with Gasteiger partial charge in [-0.1, -0.05) is 19.9 Å². The van der Waals surface area contributed by atoms with Crippen molar-refractivity contribution < 1.29 is 22.7 Å². The first kappa shape index (κ1) is 16.4. The van der Waals surface area contributed by atoms with E-state index in [2.05, 4.69) is 23.5 Å². The number of carbonyl (C=O) groups excluding carboxylic acids is 1. The van der Waals surface area contributed by atoms with Crippen molar-refractivity contribution in [1.82, 2.24) is 4.90 Å². The fourth-order valence-electron chi connectivity index (χ4n) is 2.94. The predicted octanol–water partition coefficient (Wildman–Crippen LogP) is 3.29. The van der Waals surface area contributed by atoms with Crippen LogP contribution in [0.2, 0.25) is 0 Å². The maximum atomic E-state index is 12.5. The first-order chi connectivity index (χ1) is 10.6. The van der Waals surface area contributed by atoms with Crippen LogP contribution in [-0.2, 0) is 4.79 Å². The summed E-state index contributed by atoms with van der Waals surface area (Å²) in [5.41, 5.74) is 0.640. The lowest BCUT2D eigenvalue weighted by Gasteiger charge is -2.47. The lowest BCUT2D eigenvalue weighted by atomic mass is 9.84. The Balaban J connectivity index is 1.71. The van der Waals surface area contributed by atoms with Crippen molar-refractivity contribution in [2.45, 2.75) is 25.6 Å². The molecule has 1 aromatic carbocycles. The Morgan fingerprint density at radius 3 is 2.61 bits per heavy atom. The number of benzene rings is 1. The Morgan fingerprint density at radius 2 is 2.00 bits per heavy atom. The lowest BCUT2D eigenvalue weighted by Crippen LogP contribution is -2.58. The number of carbonyl (C=O) groups is 1. The van der Waals surface area contributed by atoms with Gasteiger partial charge in [0.2, 0.25) is 0 Å². The topological polar surface area (TPSA) is 32.8 Å². The molecule has 1 aromatic rings. The van der Waals surface area contributed by atoms with E-state index in [-0.39, 0.29) is 22.4 Å². The van der Waals surface area contributed by atoms with Gasteiger partial charge in [-0.15, -0.1) is 24.9 Å². The molecule has 2 fully saturated rings. The summed E-state index contributed by atoms with van der Waals surface area (Å²) < 4.78 is 40.8. The van der Waals surface area contributed by atoms with Gasteiger partial charge in [-0.05, 0) is 17.5 Å². The largest absolute Gasteiger partial charge is 0.573 e. The van der Waals surface area contributed by atoms with Crippen molar-refractivity contribution in [2.75, 3.05) is 23.9 Å². The standard InChI is InChI=1S/C15H17F3N2O2S/c1-14(2)7-19(8-14)13-12(21)20(9-23-13)10-4-3-5-11(6-10)22-15(16,17)18/h3-6,13H,7-9H2,1-2H3. The molecule has 2 saturated heterocycles. The van der Waals surface area contributed by atoms with Crippen LogP contribution in [0.1, 0.15) is 13.8 Å². The molecule has 0 saturated carbocycles. The lowest BCUT2D eigenvalue weighted by molar-refractivity contribution is -0.274. The molecule has 126 valence electrons. The van der Waals surface area contributed by atoms with Gasteiger partial charge in [0.1, 0.15) is 11.1 Å². The van der Waals surface area contributed by atoms with Gasteiger partial charge in [0, 0.05) is 24.8 Å². The van der Waals surface area contributed by atoms with Gasteiger partial charge in [-0.2, -0.15) is 0 Å². The quantitative estimate of drug-likeness (QED) is 0.841. The Labute approximate surface area is 136 Å². The number of hydrogen-bond acceptors (Lipinski definition) is 4. The van der Waals surface area contributed by atoms with Crippen LogP contribution in [0.4, 0.5) is 18.9 Å². The van der Waals surface area contributed by atoms with E-state index in [9.17, 15) is 18.0 Å². The van der Waals surface area contributed by atoms with Gasteiger partial charge in [-0.25, -0.2) is 0 Å². The number of rotatable bonds is 3. The maximum absolute atomic E-state index is 12.5. The molecule has 0 bridgehead atoms. The number of amides is 1. The summed E-state index contributed by atoms with van der Waals surface area (Å²) >= 11 is 1.50. The van der Waals surface area contributed by atoms with E-state index in [1.54, 1.807) is 6.07 Å². The molecule has 0 aliphatic carbocycles. The van der Waals surface area contributed by atoms with Gasteiger partial charge in [0.25, 0.3) is 5.91 Å². The average molecular weight is 346 g/mol. The third-order valence-corrected chi connectivity index (χ3v) is 5.02. The summed E-state index contributed by atoms with van der Waals surface area (Å²) in [7, 11) is 0. The van der Waals surface area contributed by atoms with E-state index in [1.807, 2.05) is 0 Å². The molecule has 0 spiro atoms. The second-order valence-corrected chi connectivity index (χ2v) is 7.57. The van der Waals surface area contributed by atoms with Gasteiger partial charge in [-0.3, -0.25) is 9.69 Å². The Morgan fingerprint density at radius 1 is 1.30 bits per heavy atom. The Hall–Kier alpha value is -1.41. The fraction of sp³-hybridized carbons (Fsp3) is 0.533. The van der Waals surface area contributed by atoms with Crippen LogP contribution < -0.4 is 9.64 Å². The molecule has 0 radical (unpaired) electrons. The molecular weight excluding hydrogens is 329 g/mol. The van der Waals surface area contributed by atoms with Crippen molar-refractivity contribution in [2.24, 2.45) is 5.41 Å². The van der Waals surface area contributed by atoms with E-state index in [0.717, 1.165) is 13.1 Å². The summed E-state index contributed by atoms with van der Waals surface area (Å²) in [6.45, 7) is 5.98. The zero-order valence-electron chi connectivity index (χ0n) is 12.8. The van der Waals surface area contributed by atoms with Crippen LogP contribution in [0.25, 0.3) is 0 Å². The van der Waals surface area contributed by atoms with Crippen molar-refractivity contribution >= 4 is 23.4 Å². The minimum atomic E-state index is -4.74. The van der Waals surface area contributed by atoms with Crippen LogP contribution in [0, 0.1) is 5.41 Å². The molecule has 0 N–H and O–H groups in total. The first-order valence-corrected chi connectivity index (χ1v) is 8.22. The minimum Gasteiger partial charge on any atom is -0.406 e. The van der Waals surface area contributed by atoms with Gasteiger partial charge < -0.3 is 9.64 Å². The molecule has 4 nitrogen and oxygen atoms in total. The second kappa shape index (κ2) is 5.59. The highest BCUT2D eigenvalue weighted by Gasteiger charge is 2.45. The zero-order chi connectivity index (χ0) is 16.8. The monoisotopic (exact) mass is 346 g/mol. The Kier molecular flexibility index (Phi) is 4.00. The molecule has 2 aliphatic rings. The average Bonchev–Trinajstić information content (AvgIpc) is 2.76. The molecule has 2 heterocycles. The van der Waals surface area contributed by atoms with Crippen LogP contribution in [0.5, 0.6) is 5.75 Å².